The largest absolute Gasteiger partial charge is 0.368 e. The van der Waals surface area contributed by atoms with Crippen molar-refractivity contribution in [2.24, 2.45) is 0 Å². The van der Waals surface area contributed by atoms with E-state index >= 15 is 0 Å². The number of carbonyl (C=O) groups excluding carboxylic acids is 2. The van der Waals surface area contributed by atoms with Gasteiger partial charge in [-0.15, -0.1) is 5.10 Å². The van der Waals surface area contributed by atoms with Crippen LogP contribution in [0.1, 0.15) is 17.3 Å². The second-order valence-electron chi connectivity index (χ2n) is 4.09. The summed E-state index contributed by atoms with van der Waals surface area (Å²) in [6, 6.07) is 3.90. The highest BCUT2D eigenvalue weighted by molar-refractivity contribution is 7.99. The van der Waals surface area contributed by atoms with Gasteiger partial charge in [-0.05, 0) is 18.2 Å². The maximum absolute atomic E-state index is 13.8. The molecule has 1 amide bonds. The Hall–Kier alpha value is -2.42. The molecule has 1 aromatic heterocycles. The van der Waals surface area contributed by atoms with Crippen LogP contribution in [-0.4, -0.2) is 32.6 Å². The van der Waals surface area contributed by atoms with Crippen molar-refractivity contribution in [1.29, 1.82) is 0 Å². The molecule has 0 radical (unpaired) electrons. The van der Waals surface area contributed by atoms with Crippen molar-refractivity contribution in [1.82, 2.24) is 15.2 Å². The molecule has 0 aliphatic heterocycles. The van der Waals surface area contributed by atoms with Crippen molar-refractivity contribution < 1.29 is 14.0 Å². The summed E-state index contributed by atoms with van der Waals surface area (Å²) >= 11 is 1.05. The Morgan fingerprint density at radius 2 is 2.24 bits per heavy atom. The minimum atomic E-state index is -0.693. The third-order valence-electron chi connectivity index (χ3n) is 2.40. The number of nitrogen functional groups attached to an aromatic ring is 1. The van der Waals surface area contributed by atoms with Crippen molar-refractivity contribution >= 4 is 35.1 Å². The summed E-state index contributed by atoms with van der Waals surface area (Å²) in [5.74, 6) is -1.29. The van der Waals surface area contributed by atoms with Crippen molar-refractivity contribution in [2.45, 2.75) is 12.1 Å². The minimum Gasteiger partial charge on any atom is -0.368 e. The number of ketones is 1. The zero-order valence-electron chi connectivity index (χ0n) is 11.0. The van der Waals surface area contributed by atoms with Crippen LogP contribution in [0.25, 0.3) is 0 Å². The molecule has 2 rings (SSSR count). The van der Waals surface area contributed by atoms with E-state index in [-0.39, 0.29) is 23.2 Å². The van der Waals surface area contributed by atoms with Gasteiger partial charge in [-0.2, -0.15) is 4.98 Å². The number of amides is 1. The smallest absolute Gasteiger partial charge is 0.221 e. The zero-order valence-corrected chi connectivity index (χ0v) is 11.8. The molecule has 4 N–H and O–H groups in total. The Morgan fingerprint density at radius 3 is 2.81 bits per heavy atom. The standard InChI is InChI=1S/C12H12FN5O2S/c1-6(19)15-7-2-3-8(9(13)4-7)10(20)5-21-12-16-11(14)17-18-12/h2-4H,5H2,1H3,(H,15,19)(H3,14,16,17,18). The second-order valence-corrected chi connectivity index (χ2v) is 5.03. The number of aromatic nitrogens is 3. The Labute approximate surface area is 123 Å². The first kappa shape index (κ1) is 15.0. The fourth-order valence-corrected chi connectivity index (χ4v) is 2.24. The fourth-order valence-electron chi connectivity index (χ4n) is 1.55. The van der Waals surface area contributed by atoms with Gasteiger partial charge in [0, 0.05) is 12.6 Å². The Kier molecular flexibility index (Phi) is 4.53. The van der Waals surface area contributed by atoms with Crippen LogP contribution >= 0.6 is 11.8 Å². The van der Waals surface area contributed by atoms with Crippen LogP contribution in [-0.2, 0) is 4.79 Å². The van der Waals surface area contributed by atoms with Crippen molar-refractivity contribution in [3.8, 4) is 0 Å². The summed E-state index contributed by atoms with van der Waals surface area (Å²) in [5.41, 5.74) is 5.60. The first-order valence-electron chi connectivity index (χ1n) is 5.86. The molecular weight excluding hydrogens is 297 g/mol. The van der Waals surface area contributed by atoms with E-state index in [9.17, 15) is 14.0 Å². The van der Waals surface area contributed by atoms with Gasteiger partial charge < -0.3 is 11.1 Å². The first-order valence-corrected chi connectivity index (χ1v) is 6.85. The Balaban J connectivity index is 2.03. The average Bonchev–Trinajstić information content (AvgIpc) is 2.81. The lowest BCUT2D eigenvalue weighted by Crippen LogP contribution is -2.09. The second kappa shape index (κ2) is 6.35. The summed E-state index contributed by atoms with van der Waals surface area (Å²) in [7, 11) is 0. The summed E-state index contributed by atoms with van der Waals surface area (Å²) in [4.78, 5) is 26.6. The predicted octanol–water partition coefficient (Wildman–Crippen LogP) is 1.46. The monoisotopic (exact) mass is 309 g/mol. The topological polar surface area (TPSA) is 114 Å². The van der Waals surface area contributed by atoms with E-state index in [0.717, 1.165) is 17.8 Å². The van der Waals surface area contributed by atoms with Gasteiger partial charge in [0.2, 0.25) is 17.0 Å². The molecule has 0 atom stereocenters. The quantitative estimate of drug-likeness (QED) is 0.569. The summed E-state index contributed by atoms with van der Waals surface area (Å²) in [6.07, 6.45) is 0. The van der Waals surface area contributed by atoms with Gasteiger partial charge >= 0.3 is 0 Å². The van der Waals surface area contributed by atoms with E-state index in [1.165, 1.54) is 19.1 Å². The van der Waals surface area contributed by atoms with Gasteiger partial charge in [0.05, 0.1) is 11.3 Å². The number of nitrogens with two attached hydrogens (primary N) is 1. The number of aromatic amines is 1. The molecule has 0 fully saturated rings. The molecule has 0 saturated carbocycles. The van der Waals surface area contributed by atoms with E-state index in [0.29, 0.717) is 10.8 Å². The van der Waals surface area contributed by atoms with Gasteiger partial charge in [-0.3, -0.25) is 9.59 Å². The van der Waals surface area contributed by atoms with Crippen LogP contribution < -0.4 is 11.1 Å². The maximum Gasteiger partial charge on any atom is 0.221 e. The number of carbonyl (C=O) groups is 2. The Bertz CT molecular complexity index is 688. The lowest BCUT2D eigenvalue weighted by Gasteiger charge is -2.05. The molecule has 7 nitrogen and oxygen atoms in total. The van der Waals surface area contributed by atoms with E-state index in [1.807, 2.05) is 0 Å². The number of H-pyrrole nitrogens is 1. The molecule has 1 aromatic carbocycles. The summed E-state index contributed by atoms with van der Waals surface area (Å²) in [5, 5.41) is 8.95. The fraction of sp³-hybridized carbons (Fsp3) is 0.167. The van der Waals surface area contributed by atoms with Crippen molar-refractivity contribution in [3.05, 3.63) is 29.6 Å². The molecule has 0 aliphatic carbocycles. The number of nitrogens with one attached hydrogen (secondary N) is 2. The third kappa shape index (κ3) is 4.02. The molecule has 21 heavy (non-hydrogen) atoms. The summed E-state index contributed by atoms with van der Waals surface area (Å²) in [6.45, 7) is 1.32. The van der Waals surface area contributed by atoms with Crippen molar-refractivity contribution in [2.75, 3.05) is 16.8 Å². The zero-order chi connectivity index (χ0) is 15.4. The van der Waals surface area contributed by atoms with Gasteiger partial charge in [-0.1, -0.05) is 11.8 Å². The molecule has 0 bridgehead atoms. The number of thioether (sulfide) groups is 1. The molecule has 110 valence electrons. The molecule has 2 aromatic rings. The highest BCUT2D eigenvalue weighted by atomic mass is 32.2. The lowest BCUT2D eigenvalue weighted by atomic mass is 10.1. The minimum absolute atomic E-state index is 0.0201. The van der Waals surface area contributed by atoms with Gasteiger partial charge in [-0.25, -0.2) is 9.49 Å². The molecule has 0 saturated heterocycles. The molecule has 0 unspecified atom stereocenters. The van der Waals surface area contributed by atoms with E-state index in [1.54, 1.807) is 0 Å². The van der Waals surface area contributed by atoms with Gasteiger partial charge in [0.25, 0.3) is 0 Å². The Morgan fingerprint density at radius 1 is 1.48 bits per heavy atom. The van der Waals surface area contributed by atoms with Crippen LogP contribution in [0, 0.1) is 5.82 Å². The molecule has 1 heterocycles. The van der Waals surface area contributed by atoms with E-state index in [4.69, 9.17) is 5.73 Å². The SMILES string of the molecule is CC(=O)Nc1ccc(C(=O)CSc2n[nH]c(N)n2)c(F)c1. The number of hydrogen-bond acceptors (Lipinski definition) is 6. The van der Waals surface area contributed by atoms with Crippen LogP contribution in [0.4, 0.5) is 16.0 Å². The number of rotatable bonds is 5. The van der Waals surface area contributed by atoms with Crippen LogP contribution in [0.5, 0.6) is 0 Å². The predicted molar refractivity (Wildman–Crippen MR) is 76.6 cm³/mol. The average molecular weight is 309 g/mol. The maximum atomic E-state index is 13.8. The van der Waals surface area contributed by atoms with Crippen LogP contribution in [0.15, 0.2) is 23.4 Å². The molecule has 9 heteroatoms. The van der Waals surface area contributed by atoms with Crippen molar-refractivity contribution in [3.63, 3.8) is 0 Å². The van der Waals surface area contributed by atoms with E-state index < -0.39 is 11.6 Å². The molecular formula is C12H12FN5O2S. The lowest BCUT2D eigenvalue weighted by molar-refractivity contribution is -0.114. The number of Topliss-reactive ketones (excluding diaryl/α,β-unsaturated/α-hetero) is 1. The highest BCUT2D eigenvalue weighted by Gasteiger charge is 2.14. The number of halogens is 1. The number of anilines is 2. The molecule has 0 aliphatic rings. The third-order valence-corrected chi connectivity index (χ3v) is 3.25. The van der Waals surface area contributed by atoms with Crippen LogP contribution in [0.2, 0.25) is 0 Å². The molecule has 0 spiro atoms. The van der Waals surface area contributed by atoms with Gasteiger partial charge in [0.1, 0.15) is 5.82 Å². The highest BCUT2D eigenvalue weighted by Crippen LogP contribution is 2.19. The number of nitrogens with zero attached hydrogens (tertiary/aromatic N) is 2. The first-order chi connectivity index (χ1) is 9.95. The normalized spacial score (nSPS) is 10.4. The summed E-state index contributed by atoms with van der Waals surface area (Å²) < 4.78 is 13.8. The number of benzene rings is 1. The van der Waals surface area contributed by atoms with E-state index in [2.05, 4.69) is 20.5 Å². The van der Waals surface area contributed by atoms with Gasteiger partial charge in [0.15, 0.2) is 5.78 Å². The van der Waals surface area contributed by atoms with Crippen LogP contribution in [0.3, 0.4) is 0 Å². The number of hydrogen-bond donors (Lipinski definition) is 3.